The molecule has 1 amide bonds. The number of carboxylic acid groups (broad SMARTS) is 1. The minimum atomic E-state index is -1.18. The number of aromatic carboxylic acids is 1. The molecule has 0 saturated heterocycles. The third-order valence-electron chi connectivity index (χ3n) is 3.70. The molecule has 0 spiro atoms. The lowest BCUT2D eigenvalue weighted by molar-refractivity contribution is -0.112. The van der Waals surface area contributed by atoms with Crippen molar-refractivity contribution in [3.63, 3.8) is 0 Å². The van der Waals surface area contributed by atoms with E-state index in [1.54, 1.807) is 24.3 Å². The van der Waals surface area contributed by atoms with Crippen LogP contribution in [0.15, 0.2) is 42.0 Å². The van der Waals surface area contributed by atoms with Crippen molar-refractivity contribution in [2.45, 2.75) is 13.8 Å². The zero-order valence-corrected chi connectivity index (χ0v) is 18.0. The largest absolute Gasteiger partial charge is 0.490 e. The molecule has 2 aromatic carbocycles. The van der Waals surface area contributed by atoms with Gasteiger partial charge >= 0.3 is 5.97 Å². The number of carbonyl (C=O) groups excluding carboxylic acids is 1. The zero-order chi connectivity index (χ0) is 21.4. The molecule has 2 aromatic rings. The summed E-state index contributed by atoms with van der Waals surface area (Å²) >= 11 is 2.10. The highest BCUT2D eigenvalue weighted by Gasteiger charge is 2.16. The number of ether oxygens (including phenoxy) is 2. The summed E-state index contributed by atoms with van der Waals surface area (Å²) in [7, 11) is 0. The molecular weight excluding hydrogens is 487 g/mol. The van der Waals surface area contributed by atoms with Crippen molar-refractivity contribution in [1.29, 1.82) is 5.26 Å². The Hall–Kier alpha value is -3.06. The normalized spacial score (nSPS) is 10.8. The number of carbonyl (C=O) groups is 2. The molecule has 8 heteroatoms. The second-order valence-electron chi connectivity index (χ2n) is 5.67. The summed E-state index contributed by atoms with van der Waals surface area (Å²) in [5.74, 6) is -0.763. The van der Waals surface area contributed by atoms with Gasteiger partial charge in [-0.2, -0.15) is 5.26 Å². The summed E-state index contributed by atoms with van der Waals surface area (Å²) in [6, 6.07) is 11.3. The standard InChI is InChI=1S/C21H19IN2O5/c1-3-28-18-11-13(10-16(22)19(18)29-4-2)9-14(12-23)20(25)24-17-8-6-5-7-15(17)21(26)27/h5-11H,3-4H2,1-2H3,(H,24,25)(H,26,27)/b14-9+. The van der Waals surface area contributed by atoms with Crippen LogP contribution in [0.25, 0.3) is 6.08 Å². The first-order valence-electron chi connectivity index (χ1n) is 8.75. The number of rotatable bonds is 8. The van der Waals surface area contributed by atoms with E-state index in [4.69, 9.17) is 9.47 Å². The summed E-state index contributed by atoms with van der Waals surface area (Å²) in [4.78, 5) is 23.8. The molecule has 7 nitrogen and oxygen atoms in total. The average Bonchev–Trinajstić information content (AvgIpc) is 2.69. The molecule has 29 heavy (non-hydrogen) atoms. The highest BCUT2D eigenvalue weighted by molar-refractivity contribution is 14.1. The maximum atomic E-state index is 12.5. The van der Waals surface area contributed by atoms with Gasteiger partial charge in [0.25, 0.3) is 5.91 Å². The molecule has 0 bridgehead atoms. The first-order valence-corrected chi connectivity index (χ1v) is 9.83. The van der Waals surface area contributed by atoms with Crippen molar-refractivity contribution in [3.05, 3.63) is 56.7 Å². The predicted octanol–water partition coefficient (Wildman–Crippen LogP) is 4.33. The SMILES string of the molecule is CCOc1cc(/C=C(\C#N)C(=O)Nc2ccccc2C(=O)O)cc(I)c1OCC. The molecule has 2 N–H and O–H groups in total. The number of anilines is 1. The van der Waals surface area contributed by atoms with Crippen LogP contribution < -0.4 is 14.8 Å². The van der Waals surface area contributed by atoms with Crippen LogP contribution in [0.4, 0.5) is 5.69 Å². The molecule has 150 valence electrons. The highest BCUT2D eigenvalue weighted by atomic mass is 127. The first kappa shape index (κ1) is 22.2. The molecule has 0 unspecified atom stereocenters. The van der Waals surface area contributed by atoms with Crippen molar-refractivity contribution < 1.29 is 24.2 Å². The molecule has 0 aliphatic carbocycles. The molecule has 0 aliphatic heterocycles. The number of carboxylic acids is 1. The number of hydrogen-bond acceptors (Lipinski definition) is 5. The van der Waals surface area contributed by atoms with Crippen LogP contribution in [0.1, 0.15) is 29.8 Å². The molecule has 0 radical (unpaired) electrons. The van der Waals surface area contributed by atoms with Crippen LogP contribution in [0, 0.1) is 14.9 Å². The fourth-order valence-electron chi connectivity index (χ4n) is 2.50. The van der Waals surface area contributed by atoms with Gasteiger partial charge in [0.2, 0.25) is 0 Å². The molecular formula is C21H19IN2O5. The third kappa shape index (κ3) is 5.71. The number of halogens is 1. The van der Waals surface area contributed by atoms with Gasteiger partial charge in [0.05, 0.1) is 28.0 Å². The lowest BCUT2D eigenvalue weighted by Gasteiger charge is -2.14. The Kier molecular flexibility index (Phi) is 8.03. The van der Waals surface area contributed by atoms with Crippen molar-refractivity contribution in [3.8, 4) is 17.6 Å². The van der Waals surface area contributed by atoms with Gasteiger partial charge in [0.15, 0.2) is 11.5 Å². The second kappa shape index (κ2) is 10.5. The van der Waals surface area contributed by atoms with Crippen LogP contribution in [0.2, 0.25) is 0 Å². The van der Waals surface area contributed by atoms with E-state index in [0.29, 0.717) is 30.3 Å². The van der Waals surface area contributed by atoms with Crippen LogP contribution >= 0.6 is 22.6 Å². The van der Waals surface area contributed by atoms with Gasteiger partial charge in [0, 0.05) is 0 Å². The highest BCUT2D eigenvalue weighted by Crippen LogP contribution is 2.35. The molecule has 2 rings (SSSR count). The number of nitriles is 1. The first-order chi connectivity index (χ1) is 13.9. The minimum Gasteiger partial charge on any atom is -0.490 e. The quantitative estimate of drug-likeness (QED) is 0.314. The van der Waals surface area contributed by atoms with E-state index in [9.17, 15) is 20.0 Å². The van der Waals surface area contributed by atoms with Gasteiger partial charge in [-0.3, -0.25) is 4.79 Å². The summed E-state index contributed by atoms with van der Waals surface area (Å²) in [5, 5.41) is 21.2. The lowest BCUT2D eigenvalue weighted by Crippen LogP contribution is -2.16. The number of nitrogens with zero attached hydrogens (tertiary/aromatic N) is 1. The molecule has 0 fully saturated rings. The van der Waals surface area contributed by atoms with Gasteiger partial charge in [-0.15, -0.1) is 0 Å². The zero-order valence-electron chi connectivity index (χ0n) is 15.9. The topological polar surface area (TPSA) is 109 Å². The summed E-state index contributed by atoms with van der Waals surface area (Å²) < 4.78 is 12.0. The Labute approximate surface area is 182 Å². The Morgan fingerprint density at radius 1 is 1.21 bits per heavy atom. The Balaban J connectivity index is 2.38. The van der Waals surface area contributed by atoms with Crippen LogP contribution in [0.5, 0.6) is 11.5 Å². The van der Waals surface area contributed by atoms with E-state index >= 15 is 0 Å². The molecule has 0 aromatic heterocycles. The molecule has 0 atom stereocenters. The lowest BCUT2D eigenvalue weighted by atomic mass is 10.1. The fraction of sp³-hybridized carbons (Fsp3) is 0.190. The summed E-state index contributed by atoms with van der Waals surface area (Å²) in [6.07, 6.45) is 1.42. The number of para-hydroxylation sites is 1. The van der Waals surface area contributed by atoms with E-state index in [2.05, 4.69) is 27.9 Å². The van der Waals surface area contributed by atoms with E-state index in [0.717, 1.165) is 3.57 Å². The third-order valence-corrected chi connectivity index (χ3v) is 4.50. The maximum Gasteiger partial charge on any atom is 0.337 e. The summed E-state index contributed by atoms with van der Waals surface area (Å²) in [5.41, 5.74) is 0.460. The number of hydrogen-bond donors (Lipinski definition) is 2. The number of amides is 1. The monoisotopic (exact) mass is 506 g/mol. The Morgan fingerprint density at radius 3 is 2.52 bits per heavy atom. The van der Waals surface area contributed by atoms with Crippen LogP contribution in [-0.4, -0.2) is 30.2 Å². The number of nitrogens with one attached hydrogen (secondary N) is 1. The van der Waals surface area contributed by atoms with Gasteiger partial charge in [-0.1, -0.05) is 12.1 Å². The Bertz CT molecular complexity index is 995. The van der Waals surface area contributed by atoms with Crippen molar-refractivity contribution >= 4 is 46.2 Å². The van der Waals surface area contributed by atoms with Crippen molar-refractivity contribution in [1.82, 2.24) is 0 Å². The van der Waals surface area contributed by atoms with Gasteiger partial charge in [0.1, 0.15) is 11.6 Å². The van der Waals surface area contributed by atoms with E-state index in [1.807, 2.05) is 19.9 Å². The molecule has 0 heterocycles. The second-order valence-corrected chi connectivity index (χ2v) is 6.83. The number of benzene rings is 2. The maximum absolute atomic E-state index is 12.5. The van der Waals surface area contributed by atoms with E-state index in [-0.39, 0.29) is 16.8 Å². The Morgan fingerprint density at radius 2 is 1.90 bits per heavy atom. The van der Waals surface area contributed by atoms with Gasteiger partial charge in [-0.25, -0.2) is 4.79 Å². The van der Waals surface area contributed by atoms with Gasteiger partial charge < -0.3 is 19.9 Å². The van der Waals surface area contributed by atoms with Crippen molar-refractivity contribution in [2.75, 3.05) is 18.5 Å². The van der Waals surface area contributed by atoms with E-state index < -0.39 is 11.9 Å². The van der Waals surface area contributed by atoms with Crippen LogP contribution in [0.3, 0.4) is 0 Å². The molecule has 0 aliphatic rings. The fourth-order valence-corrected chi connectivity index (χ4v) is 3.28. The molecule has 0 saturated carbocycles. The van der Waals surface area contributed by atoms with Crippen molar-refractivity contribution in [2.24, 2.45) is 0 Å². The predicted molar refractivity (Wildman–Crippen MR) is 117 cm³/mol. The van der Waals surface area contributed by atoms with Gasteiger partial charge in [-0.05, 0) is 72.3 Å². The smallest absolute Gasteiger partial charge is 0.337 e. The van der Waals surface area contributed by atoms with E-state index in [1.165, 1.54) is 18.2 Å². The average molecular weight is 506 g/mol. The summed E-state index contributed by atoms with van der Waals surface area (Å²) in [6.45, 7) is 4.62. The van der Waals surface area contributed by atoms with Crippen LogP contribution in [-0.2, 0) is 4.79 Å². The minimum absolute atomic E-state index is 0.0626.